The summed E-state index contributed by atoms with van der Waals surface area (Å²) in [5, 5.41) is 18.6. The lowest BCUT2D eigenvalue weighted by Crippen LogP contribution is -2.31. The van der Waals surface area contributed by atoms with Crippen LogP contribution in [0, 0.1) is 5.92 Å². The topological polar surface area (TPSA) is 95.7 Å². The van der Waals surface area contributed by atoms with Gasteiger partial charge in [0.05, 0.1) is 11.6 Å². The molecule has 7 heteroatoms. The Morgan fingerprint density at radius 2 is 1.82 bits per heavy atom. The molecule has 3 rings (SSSR count). The molecule has 3 heterocycles. The van der Waals surface area contributed by atoms with Crippen LogP contribution in [0.1, 0.15) is 47.2 Å². The smallest absolute Gasteiger partial charge is 0.356 e. The van der Waals surface area contributed by atoms with Gasteiger partial charge in [0, 0.05) is 18.9 Å². The summed E-state index contributed by atoms with van der Waals surface area (Å²) in [5.41, 5.74) is 0.625. The van der Waals surface area contributed by atoms with Crippen LogP contribution in [-0.2, 0) is 17.8 Å². The molecular formula is C15H21N3O4. The fourth-order valence-corrected chi connectivity index (χ4v) is 3.54. The number of likely N-dealkylation sites (tertiary alicyclic amines) is 1. The van der Waals surface area contributed by atoms with Gasteiger partial charge in [0.1, 0.15) is 5.82 Å². The van der Waals surface area contributed by atoms with Gasteiger partial charge >= 0.3 is 11.9 Å². The van der Waals surface area contributed by atoms with E-state index in [1.807, 2.05) is 4.57 Å². The highest BCUT2D eigenvalue weighted by Crippen LogP contribution is 2.32. The zero-order valence-electron chi connectivity index (χ0n) is 12.7. The highest BCUT2D eigenvalue weighted by Gasteiger charge is 2.34. The third-order valence-corrected chi connectivity index (χ3v) is 4.88. The third kappa shape index (κ3) is 2.61. The molecule has 1 unspecified atom stereocenters. The molecule has 0 aromatic carbocycles. The van der Waals surface area contributed by atoms with Gasteiger partial charge in [0.15, 0.2) is 5.69 Å². The minimum atomic E-state index is -1.06. The maximum Gasteiger partial charge on any atom is 0.356 e. The van der Waals surface area contributed by atoms with Crippen LogP contribution in [0.3, 0.4) is 0 Å². The molecule has 1 fully saturated rings. The summed E-state index contributed by atoms with van der Waals surface area (Å²) in [6, 6.07) is 0. The van der Waals surface area contributed by atoms with Gasteiger partial charge < -0.3 is 19.7 Å². The molecule has 0 saturated carbocycles. The monoisotopic (exact) mass is 307 g/mol. The van der Waals surface area contributed by atoms with Gasteiger partial charge in [0.2, 0.25) is 0 Å². The fraction of sp³-hybridized carbons (Fsp3) is 0.667. The number of hydrogen-bond donors (Lipinski definition) is 2. The van der Waals surface area contributed by atoms with Crippen molar-refractivity contribution in [2.45, 2.75) is 38.1 Å². The molecule has 0 amide bonds. The lowest BCUT2D eigenvalue weighted by atomic mass is 9.93. The molecule has 1 atom stereocenters. The van der Waals surface area contributed by atoms with Gasteiger partial charge in [-0.25, -0.2) is 9.78 Å². The van der Waals surface area contributed by atoms with E-state index >= 15 is 0 Å². The second-order valence-corrected chi connectivity index (χ2v) is 6.33. The van der Waals surface area contributed by atoms with E-state index in [1.54, 1.807) is 0 Å². The maximum absolute atomic E-state index is 11.5. The molecule has 7 nitrogen and oxygen atoms in total. The first-order chi connectivity index (χ1) is 10.5. The van der Waals surface area contributed by atoms with Crippen molar-refractivity contribution in [1.29, 1.82) is 0 Å². The van der Waals surface area contributed by atoms with E-state index in [0.29, 0.717) is 18.7 Å². The Morgan fingerprint density at radius 1 is 1.14 bits per heavy atom. The molecular weight excluding hydrogens is 286 g/mol. The Morgan fingerprint density at radius 3 is 2.41 bits per heavy atom. The van der Waals surface area contributed by atoms with Crippen LogP contribution in [0.5, 0.6) is 0 Å². The lowest BCUT2D eigenvalue weighted by molar-refractivity contribution is -0.142. The molecule has 120 valence electrons. The van der Waals surface area contributed by atoms with Gasteiger partial charge in [-0.15, -0.1) is 0 Å². The second-order valence-electron chi connectivity index (χ2n) is 6.33. The normalized spacial score (nSPS) is 23.2. The first-order valence-electron chi connectivity index (χ1n) is 7.71. The van der Waals surface area contributed by atoms with Gasteiger partial charge in [-0.3, -0.25) is 4.79 Å². The Labute approximate surface area is 128 Å². The van der Waals surface area contributed by atoms with Crippen LogP contribution >= 0.6 is 0 Å². The van der Waals surface area contributed by atoms with Gasteiger partial charge in [-0.2, -0.15) is 0 Å². The summed E-state index contributed by atoms with van der Waals surface area (Å²) in [6.45, 7) is 2.51. The van der Waals surface area contributed by atoms with Crippen molar-refractivity contribution in [3.8, 4) is 0 Å². The molecule has 2 N–H and O–H groups in total. The number of aliphatic carboxylic acids is 1. The minimum Gasteiger partial charge on any atom is -0.481 e. The van der Waals surface area contributed by atoms with Crippen molar-refractivity contribution in [2.75, 3.05) is 20.1 Å². The van der Waals surface area contributed by atoms with Gasteiger partial charge in [-0.1, -0.05) is 0 Å². The largest absolute Gasteiger partial charge is 0.481 e. The predicted molar refractivity (Wildman–Crippen MR) is 78.1 cm³/mol. The first kappa shape index (κ1) is 15.0. The summed E-state index contributed by atoms with van der Waals surface area (Å²) in [6.07, 6.45) is 2.73. The summed E-state index contributed by atoms with van der Waals surface area (Å²) >= 11 is 0. The Kier molecular flexibility index (Phi) is 3.90. The average Bonchev–Trinajstić information content (AvgIpc) is 2.87. The number of carboxylic acids is 2. The van der Waals surface area contributed by atoms with Crippen molar-refractivity contribution in [2.24, 2.45) is 5.92 Å². The van der Waals surface area contributed by atoms with E-state index in [4.69, 9.17) is 0 Å². The highest BCUT2D eigenvalue weighted by atomic mass is 16.4. The van der Waals surface area contributed by atoms with Crippen molar-refractivity contribution in [1.82, 2.24) is 14.5 Å². The van der Waals surface area contributed by atoms with Crippen LogP contribution in [-0.4, -0.2) is 56.7 Å². The van der Waals surface area contributed by atoms with Crippen molar-refractivity contribution in [3.05, 3.63) is 17.2 Å². The number of imidazole rings is 1. The first-order valence-corrected chi connectivity index (χ1v) is 7.71. The summed E-state index contributed by atoms with van der Waals surface area (Å²) < 4.78 is 1.97. The molecule has 1 aromatic heterocycles. The molecule has 0 aliphatic carbocycles. The van der Waals surface area contributed by atoms with E-state index in [2.05, 4.69) is 16.9 Å². The van der Waals surface area contributed by atoms with E-state index < -0.39 is 17.9 Å². The van der Waals surface area contributed by atoms with E-state index in [1.165, 1.54) is 0 Å². The van der Waals surface area contributed by atoms with Gasteiger partial charge in [0.25, 0.3) is 0 Å². The van der Waals surface area contributed by atoms with E-state index in [-0.39, 0.29) is 18.0 Å². The van der Waals surface area contributed by atoms with Crippen molar-refractivity contribution >= 4 is 11.9 Å². The number of aromatic nitrogens is 2. The van der Waals surface area contributed by atoms with E-state index in [0.717, 1.165) is 31.8 Å². The molecule has 0 bridgehead atoms. The van der Waals surface area contributed by atoms with Crippen LogP contribution in [0.2, 0.25) is 0 Å². The van der Waals surface area contributed by atoms with Crippen LogP contribution in [0.15, 0.2) is 0 Å². The molecule has 1 saturated heterocycles. The molecule has 2 aliphatic rings. The number of rotatable bonds is 3. The Balaban J connectivity index is 1.94. The summed E-state index contributed by atoms with van der Waals surface area (Å²) in [7, 11) is 2.08. The number of hydrogen-bond acceptors (Lipinski definition) is 4. The predicted octanol–water partition coefficient (Wildman–Crippen LogP) is 1.04. The summed E-state index contributed by atoms with van der Waals surface area (Å²) in [5.74, 6) is -1.32. The zero-order valence-corrected chi connectivity index (χ0v) is 12.7. The minimum absolute atomic E-state index is 0.0416. The quantitative estimate of drug-likeness (QED) is 0.866. The number of nitrogens with zero attached hydrogens (tertiary/aromatic N) is 3. The zero-order chi connectivity index (χ0) is 15.9. The molecule has 22 heavy (non-hydrogen) atoms. The Hall–Kier alpha value is -1.89. The number of piperidine rings is 1. The van der Waals surface area contributed by atoms with Crippen LogP contribution < -0.4 is 0 Å². The number of carboxylic acid groups (broad SMARTS) is 2. The second kappa shape index (κ2) is 5.72. The molecule has 1 aromatic rings. The number of carbonyl (C=O) groups is 2. The van der Waals surface area contributed by atoms with Crippen molar-refractivity contribution in [3.63, 3.8) is 0 Å². The standard InChI is InChI=1S/C15H21N3O4/c1-17-5-2-9(3-6-17)13-16-12(15(21)22)11-8-10(14(19)20)4-7-18(11)13/h9-10H,2-8H2,1H3,(H,19,20)(H,21,22). The average molecular weight is 307 g/mol. The third-order valence-electron chi connectivity index (χ3n) is 4.88. The van der Waals surface area contributed by atoms with Crippen LogP contribution in [0.4, 0.5) is 0 Å². The lowest BCUT2D eigenvalue weighted by Gasteiger charge is -2.30. The maximum atomic E-state index is 11.5. The highest BCUT2D eigenvalue weighted by molar-refractivity contribution is 5.87. The fourth-order valence-electron chi connectivity index (χ4n) is 3.54. The van der Waals surface area contributed by atoms with Gasteiger partial charge in [-0.05, 0) is 39.4 Å². The van der Waals surface area contributed by atoms with E-state index in [9.17, 15) is 19.8 Å². The number of fused-ring (bicyclic) bond motifs is 1. The SMILES string of the molecule is CN1CCC(c2nc(C(=O)O)c3n2CCC(C(=O)O)C3)CC1. The summed E-state index contributed by atoms with van der Waals surface area (Å²) in [4.78, 5) is 29.3. The van der Waals surface area contributed by atoms with Crippen LogP contribution in [0.25, 0.3) is 0 Å². The molecule has 2 aliphatic heterocycles. The molecule has 0 spiro atoms. The number of aromatic carboxylic acids is 1. The van der Waals surface area contributed by atoms with Crippen molar-refractivity contribution < 1.29 is 19.8 Å². The molecule has 0 radical (unpaired) electrons. The Bertz CT molecular complexity index is 602.